The second kappa shape index (κ2) is 4.50. The summed E-state index contributed by atoms with van der Waals surface area (Å²) in [6, 6.07) is 8.69. The minimum absolute atomic E-state index is 0.520. The van der Waals surface area contributed by atoms with Gasteiger partial charge in [0.1, 0.15) is 17.6 Å². The van der Waals surface area contributed by atoms with Crippen molar-refractivity contribution < 1.29 is 9.52 Å². The van der Waals surface area contributed by atoms with Crippen LogP contribution in [0.4, 0.5) is 0 Å². The van der Waals surface area contributed by atoms with Crippen molar-refractivity contribution in [1.29, 1.82) is 0 Å². The fourth-order valence-electron chi connectivity index (χ4n) is 1.43. The van der Waals surface area contributed by atoms with Gasteiger partial charge in [0.15, 0.2) is 0 Å². The highest BCUT2D eigenvalue weighted by Gasteiger charge is 2.09. The summed E-state index contributed by atoms with van der Waals surface area (Å²) in [5.41, 5.74) is 0.796. The molecule has 0 amide bonds. The molecule has 0 aliphatic heterocycles. The van der Waals surface area contributed by atoms with Gasteiger partial charge in [-0.25, -0.2) is 0 Å². The number of hydrogen-bond donors (Lipinski definition) is 1. The first kappa shape index (κ1) is 11.5. The molecule has 84 valence electrons. The van der Waals surface area contributed by atoms with Gasteiger partial charge in [0, 0.05) is 15.6 Å². The highest BCUT2D eigenvalue weighted by Crippen LogP contribution is 2.29. The Balaban J connectivity index is 2.42. The van der Waals surface area contributed by atoms with E-state index in [4.69, 9.17) is 27.6 Å². The monoisotopic (exact) mass is 256 g/mol. The Morgan fingerprint density at radius 1 is 1.12 bits per heavy atom. The van der Waals surface area contributed by atoms with E-state index in [1.165, 1.54) is 0 Å². The Morgan fingerprint density at radius 2 is 1.75 bits per heavy atom. The number of hydrogen-bond acceptors (Lipinski definition) is 2. The number of benzene rings is 1. The van der Waals surface area contributed by atoms with Crippen LogP contribution in [-0.4, -0.2) is 5.11 Å². The minimum Gasteiger partial charge on any atom is -0.458 e. The van der Waals surface area contributed by atoms with E-state index in [-0.39, 0.29) is 0 Å². The van der Waals surface area contributed by atoms with Gasteiger partial charge in [0.25, 0.3) is 0 Å². The Morgan fingerprint density at radius 3 is 2.25 bits per heavy atom. The van der Waals surface area contributed by atoms with Gasteiger partial charge < -0.3 is 9.52 Å². The second-order valence-electron chi connectivity index (χ2n) is 3.54. The average molecular weight is 257 g/mol. The number of rotatable bonds is 2. The molecule has 1 aromatic carbocycles. The zero-order valence-corrected chi connectivity index (χ0v) is 10.1. The first-order valence-electron chi connectivity index (χ1n) is 4.80. The third kappa shape index (κ3) is 2.40. The molecular weight excluding hydrogens is 247 g/mol. The Hall–Kier alpha value is -0.960. The molecule has 1 N–H and O–H groups in total. The summed E-state index contributed by atoms with van der Waals surface area (Å²) in [4.78, 5) is 0. The third-order valence-electron chi connectivity index (χ3n) is 2.19. The van der Waals surface area contributed by atoms with E-state index in [2.05, 4.69) is 0 Å². The molecule has 1 aromatic heterocycles. The van der Waals surface area contributed by atoms with Crippen molar-refractivity contribution in [2.45, 2.75) is 13.0 Å². The van der Waals surface area contributed by atoms with E-state index in [0.29, 0.717) is 21.6 Å². The van der Waals surface area contributed by atoms with Gasteiger partial charge in [-0.1, -0.05) is 23.2 Å². The average Bonchev–Trinajstić information content (AvgIpc) is 2.64. The largest absolute Gasteiger partial charge is 0.458 e. The van der Waals surface area contributed by atoms with Gasteiger partial charge in [0.05, 0.1) is 0 Å². The normalized spacial score (nSPS) is 12.8. The van der Waals surface area contributed by atoms with Crippen LogP contribution in [0.5, 0.6) is 0 Å². The van der Waals surface area contributed by atoms with Crippen LogP contribution in [0.25, 0.3) is 11.3 Å². The van der Waals surface area contributed by atoms with Crippen molar-refractivity contribution in [3.8, 4) is 11.3 Å². The quantitative estimate of drug-likeness (QED) is 0.869. The third-order valence-corrected chi connectivity index (χ3v) is 2.62. The van der Waals surface area contributed by atoms with Crippen LogP contribution in [-0.2, 0) is 0 Å². The summed E-state index contributed by atoms with van der Waals surface area (Å²) in [6.45, 7) is 1.65. The highest BCUT2D eigenvalue weighted by atomic mass is 35.5. The first-order chi connectivity index (χ1) is 7.56. The number of halogens is 2. The van der Waals surface area contributed by atoms with Gasteiger partial charge in [-0.2, -0.15) is 0 Å². The maximum Gasteiger partial charge on any atom is 0.134 e. The smallest absolute Gasteiger partial charge is 0.134 e. The maximum atomic E-state index is 9.35. The lowest BCUT2D eigenvalue weighted by atomic mass is 10.2. The fraction of sp³-hybridized carbons (Fsp3) is 0.167. The number of furan rings is 1. The van der Waals surface area contributed by atoms with Crippen molar-refractivity contribution in [2.75, 3.05) is 0 Å². The Kier molecular flexibility index (Phi) is 3.24. The van der Waals surface area contributed by atoms with Crippen LogP contribution >= 0.6 is 23.2 Å². The topological polar surface area (TPSA) is 33.4 Å². The molecule has 0 bridgehead atoms. The van der Waals surface area contributed by atoms with E-state index >= 15 is 0 Å². The van der Waals surface area contributed by atoms with E-state index in [9.17, 15) is 5.11 Å². The molecule has 0 aliphatic rings. The lowest BCUT2D eigenvalue weighted by Crippen LogP contribution is -1.85. The Labute approximate surface area is 103 Å². The van der Waals surface area contributed by atoms with Crippen LogP contribution < -0.4 is 0 Å². The molecule has 0 fully saturated rings. The molecule has 1 unspecified atom stereocenters. The predicted octanol–water partition coefficient (Wildman–Crippen LogP) is 4.31. The molecule has 0 aliphatic carbocycles. The van der Waals surface area contributed by atoms with E-state index in [1.807, 2.05) is 0 Å². The molecule has 1 heterocycles. The number of aliphatic hydroxyl groups excluding tert-OH is 1. The molecular formula is C12H10Cl2O2. The second-order valence-corrected chi connectivity index (χ2v) is 4.41. The van der Waals surface area contributed by atoms with Crippen LogP contribution in [0, 0.1) is 0 Å². The molecule has 1 atom stereocenters. The van der Waals surface area contributed by atoms with Crippen LogP contribution in [0.3, 0.4) is 0 Å². The van der Waals surface area contributed by atoms with Gasteiger partial charge in [-0.05, 0) is 37.3 Å². The molecule has 0 radical (unpaired) electrons. The lowest BCUT2D eigenvalue weighted by molar-refractivity contribution is 0.170. The van der Waals surface area contributed by atoms with Crippen LogP contribution in [0.2, 0.25) is 10.0 Å². The molecule has 2 aromatic rings. The van der Waals surface area contributed by atoms with Crippen LogP contribution in [0.1, 0.15) is 18.8 Å². The summed E-state index contributed by atoms with van der Waals surface area (Å²) in [5.74, 6) is 1.16. The van der Waals surface area contributed by atoms with Crippen LogP contribution in [0.15, 0.2) is 34.7 Å². The minimum atomic E-state index is -0.622. The Bertz CT molecular complexity index is 483. The summed E-state index contributed by atoms with van der Waals surface area (Å²) in [5, 5.41) is 10.5. The zero-order chi connectivity index (χ0) is 11.7. The SMILES string of the molecule is CC(O)c1ccc(-c2cc(Cl)cc(Cl)c2)o1. The summed E-state index contributed by atoms with van der Waals surface area (Å²) in [6.07, 6.45) is -0.622. The van der Waals surface area contributed by atoms with Crippen molar-refractivity contribution in [2.24, 2.45) is 0 Å². The van der Waals surface area contributed by atoms with Crippen molar-refractivity contribution in [1.82, 2.24) is 0 Å². The van der Waals surface area contributed by atoms with Gasteiger partial charge in [0.2, 0.25) is 0 Å². The molecule has 2 rings (SSSR count). The van der Waals surface area contributed by atoms with Crippen molar-refractivity contribution >= 4 is 23.2 Å². The van der Waals surface area contributed by atoms with Gasteiger partial charge in [-0.3, -0.25) is 0 Å². The lowest BCUT2D eigenvalue weighted by Gasteiger charge is -2.01. The fourth-order valence-corrected chi connectivity index (χ4v) is 1.95. The summed E-state index contributed by atoms with van der Waals surface area (Å²) >= 11 is 11.8. The molecule has 16 heavy (non-hydrogen) atoms. The van der Waals surface area contributed by atoms with Gasteiger partial charge in [-0.15, -0.1) is 0 Å². The zero-order valence-electron chi connectivity index (χ0n) is 8.58. The number of aliphatic hydroxyl groups is 1. The van der Waals surface area contributed by atoms with E-state index < -0.39 is 6.10 Å². The maximum absolute atomic E-state index is 9.35. The van der Waals surface area contributed by atoms with E-state index in [0.717, 1.165) is 5.56 Å². The van der Waals surface area contributed by atoms with E-state index in [1.54, 1.807) is 37.3 Å². The highest BCUT2D eigenvalue weighted by molar-refractivity contribution is 6.35. The van der Waals surface area contributed by atoms with Crippen molar-refractivity contribution in [3.05, 3.63) is 46.1 Å². The standard InChI is InChI=1S/C12H10Cl2O2/c1-7(15)11-2-3-12(16-11)8-4-9(13)6-10(14)5-8/h2-7,15H,1H3. The van der Waals surface area contributed by atoms with Gasteiger partial charge >= 0.3 is 0 Å². The molecule has 0 saturated carbocycles. The molecule has 0 spiro atoms. The first-order valence-corrected chi connectivity index (χ1v) is 5.56. The summed E-state index contributed by atoms with van der Waals surface area (Å²) < 4.78 is 5.47. The molecule has 0 saturated heterocycles. The van der Waals surface area contributed by atoms with Crippen molar-refractivity contribution in [3.63, 3.8) is 0 Å². The molecule has 4 heteroatoms. The summed E-state index contributed by atoms with van der Waals surface area (Å²) in [7, 11) is 0. The molecule has 2 nitrogen and oxygen atoms in total. The predicted molar refractivity (Wildman–Crippen MR) is 64.8 cm³/mol.